The Morgan fingerprint density at radius 2 is 1.90 bits per heavy atom. The van der Waals surface area contributed by atoms with Gasteiger partial charge in [-0.15, -0.1) is 12.4 Å². The van der Waals surface area contributed by atoms with E-state index in [9.17, 15) is 13.6 Å². The summed E-state index contributed by atoms with van der Waals surface area (Å²) < 4.78 is 29.7. The Balaban J connectivity index is 0.00000256. The Labute approximate surface area is 179 Å². The third-order valence-electron chi connectivity index (χ3n) is 3.89. The van der Waals surface area contributed by atoms with Gasteiger partial charge in [-0.1, -0.05) is 17.7 Å². The summed E-state index contributed by atoms with van der Waals surface area (Å²) in [6.45, 7) is 1.35. The van der Waals surface area contributed by atoms with Crippen LogP contribution in [0.5, 0.6) is 0 Å². The fourth-order valence-electron chi connectivity index (χ4n) is 2.69. The smallest absolute Gasteiger partial charge is 0.222 e. The Morgan fingerprint density at radius 3 is 2.63 bits per heavy atom. The Morgan fingerprint density at radius 1 is 1.13 bits per heavy atom. The highest BCUT2D eigenvalue weighted by atomic mass is 35.5. The molecule has 0 atom stereocenters. The second kappa shape index (κ2) is 8.56. The molecule has 154 valence electrons. The van der Waals surface area contributed by atoms with E-state index in [-0.39, 0.29) is 51.6 Å². The maximum atomic E-state index is 14.3. The minimum atomic E-state index is -0.682. The fraction of sp³-hybridized carbons (Fsp3) is 0.0556. The van der Waals surface area contributed by atoms with Gasteiger partial charge in [-0.3, -0.25) is 4.79 Å². The van der Waals surface area contributed by atoms with E-state index in [2.05, 4.69) is 30.7 Å². The highest BCUT2D eigenvalue weighted by Gasteiger charge is 2.17. The number of rotatable bonds is 4. The van der Waals surface area contributed by atoms with Gasteiger partial charge in [-0.25, -0.2) is 28.4 Å². The van der Waals surface area contributed by atoms with Crippen molar-refractivity contribution < 1.29 is 13.6 Å². The maximum Gasteiger partial charge on any atom is 0.222 e. The van der Waals surface area contributed by atoms with Gasteiger partial charge in [0.05, 0.1) is 16.6 Å². The molecular weight excluding hydrogens is 439 g/mol. The second-order valence-electron chi connectivity index (χ2n) is 5.96. The third kappa shape index (κ3) is 4.14. The molecule has 0 unspecified atom stereocenters. The van der Waals surface area contributed by atoms with E-state index >= 15 is 0 Å². The average molecular weight is 452 g/mol. The molecule has 8 nitrogen and oxygen atoms in total. The number of para-hydroxylation sites is 1. The lowest BCUT2D eigenvalue weighted by Crippen LogP contribution is -2.08. The van der Waals surface area contributed by atoms with E-state index in [1.807, 2.05) is 0 Å². The molecule has 0 radical (unpaired) electrons. The van der Waals surface area contributed by atoms with Crippen LogP contribution in [-0.4, -0.2) is 30.6 Å². The number of anilines is 3. The van der Waals surface area contributed by atoms with Crippen LogP contribution >= 0.6 is 24.0 Å². The van der Waals surface area contributed by atoms with E-state index in [0.717, 1.165) is 10.9 Å². The van der Waals surface area contributed by atoms with Gasteiger partial charge in [0, 0.05) is 19.2 Å². The summed E-state index contributed by atoms with van der Waals surface area (Å²) in [5.74, 6) is -0.766. The molecule has 4 rings (SSSR count). The monoisotopic (exact) mass is 451 g/mol. The van der Waals surface area contributed by atoms with Crippen LogP contribution in [0.4, 0.5) is 26.2 Å². The standard InChI is InChI=1S/C18H12ClF2N7O.ClH/c1-9(29)25-14-5-15(24-8-23-14)26-18-10-7-28(27-16(10)13(21)6-22-18)17-11(19)3-2-4-12(17)20;/h2-8H,1H3,(H2,22,23,24,25,26,29);1H. The summed E-state index contributed by atoms with van der Waals surface area (Å²) in [6.07, 6.45) is 3.64. The first-order valence-corrected chi connectivity index (χ1v) is 8.65. The molecule has 0 saturated carbocycles. The van der Waals surface area contributed by atoms with E-state index in [4.69, 9.17) is 11.6 Å². The first-order valence-electron chi connectivity index (χ1n) is 8.27. The zero-order valence-corrected chi connectivity index (χ0v) is 16.8. The predicted molar refractivity (Wildman–Crippen MR) is 111 cm³/mol. The largest absolute Gasteiger partial charge is 0.324 e. The second-order valence-corrected chi connectivity index (χ2v) is 6.36. The molecule has 0 fully saturated rings. The highest BCUT2D eigenvalue weighted by Crippen LogP contribution is 2.29. The van der Waals surface area contributed by atoms with Crippen LogP contribution in [-0.2, 0) is 4.79 Å². The Hall–Kier alpha value is -3.37. The number of hydrogen-bond donors (Lipinski definition) is 2. The SMILES string of the molecule is CC(=O)Nc1cc(Nc2ncc(F)c3nn(-c4c(F)cccc4Cl)cc23)ncn1.Cl. The van der Waals surface area contributed by atoms with E-state index in [0.29, 0.717) is 5.82 Å². The predicted octanol–water partition coefficient (Wildman–Crippen LogP) is 4.27. The lowest BCUT2D eigenvalue weighted by atomic mass is 10.3. The van der Waals surface area contributed by atoms with Gasteiger partial charge in [0.15, 0.2) is 5.82 Å². The number of nitrogens with zero attached hydrogens (tertiary/aromatic N) is 5. The molecule has 1 aromatic carbocycles. The van der Waals surface area contributed by atoms with Crippen molar-refractivity contribution in [3.8, 4) is 5.69 Å². The van der Waals surface area contributed by atoms with Gasteiger partial charge in [0.2, 0.25) is 5.91 Å². The molecule has 4 aromatic rings. The van der Waals surface area contributed by atoms with Crippen LogP contribution in [0.25, 0.3) is 16.6 Å². The molecule has 30 heavy (non-hydrogen) atoms. The lowest BCUT2D eigenvalue weighted by molar-refractivity contribution is -0.114. The van der Waals surface area contributed by atoms with Crippen LogP contribution in [0.2, 0.25) is 5.02 Å². The summed E-state index contributed by atoms with van der Waals surface area (Å²) in [5.41, 5.74) is -0.0383. The molecule has 0 aliphatic carbocycles. The summed E-state index contributed by atoms with van der Waals surface area (Å²) in [5, 5.41) is 9.97. The maximum absolute atomic E-state index is 14.3. The number of benzene rings is 1. The summed E-state index contributed by atoms with van der Waals surface area (Å²) in [7, 11) is 0. The van der Waals surface area contributed by atoms with Gasteiger partial charge in [-0.05, 0) is 12.1 Å². The van der Waals surface area contributed by atoms with Gasteiger partial charge in [0.1, 0.15) is 40.8 Å². The van der Waals surface area contributed by atoms with Crippen molar-refractivity contribution >= 4 is 58.3 Å². The molecule has 12 heteroatoms. The number of aromatic nitrogens is 5. The van der Waals surface area contributed by atoms with Crippen LogP contribution in [0, 0.1) is 11.6 Å². The van der Waals surface area contributed by atoms with Gasteiger partial charge >= 0.3 is 0 Å². The first-order chi connectivity index (χ1) is 13.9. The number of halogens is 4. The van der Waals surface area contributed by atoms with Crippen molar-refractivity contribution in [2.75, 3.05) is 10.6 Å². The van der Waals surface area contributed by atoms with Crippen LogP contribution < -0.4 is 10.6 Å². The normalized spacial score (nSPS) is 10.5. The van der Waals surface area contributed by atoms with Crippen LogP contribution in [0.15, 0.2) is 43.0 Å². The average Bonchev–Trinajstić information content (AvgIpc) is 3.10. The highest BCUT2D eigenvalue weighted by molar-refractivity contribution is 6.32. The molecule has 0 saturated heterocycles. The van der Waals surface area contributed by atoms with Gasteiger partial charge in [0.25, 0.3) is 0 Å². The van der Waals surface area contributed by atoms with E-state index in [1.54, 1.807) is 0 Å². The van der Waals surface area contributed by atoms with Crippen molar-refractivity contribution in [3.63, 3.8) is 0 Å². The van der Waals surface area contributed by atoms with Crippen LogP contribution in [0.3, 0.4) is 0 Å². The quantitative estimate of drug-likeness (QED) is 0.480. The zero-order chi connectivity index (χ0) is 20.5. The number of amides is 1. The summed E-state index contributed by atoms with van der Waals surface area (Å²) >= 11 is 6.08. The topological polar surface area (TPSA) is 97.6 Å². The molecule has 0 spiro atoms. The van der Waals surface area contributed by atoms with Crippen LogP contribution in [0.1, 0.15) is 6.92 Å². The summed E-state index contributed by atoms with van der Waals surface area (Å²) in [4.78, 5) is 23.2. The molecule has 0 bridgehead atoms. The molecule has 2 N–H and O–H groups in total. The molecular formula is C18H13Cl2F2N7O. The minimum Gasteiger partial charge on any atom is -0.324 e. The van der Waals surface area contributed by atoms with Crippen molar-refractivity contribution in [1.29, 1.82) is 0 Å². The number of hydrogen-bond acceptors (Lipinski definition) is 6. The third-order valence-corrected chi connectivity index (χ3v) is 4.19. The van der Waals surface area contributed by atoms with Gasteiger partial charge < -0.3 is 10.6 Å². The molecule has 0 aliphatic heterocycles. The van der Waals surface area contributed by atoms with Crippen molar-refractivity contribution in [2.24, 2.45) is 0 Å². The van der Waals surface area contributed by atoms with Crippen molar-refractivity contribution in [3.05, 3.63) is 59.6 Å². The Kier molecular flexibility index (Phi) is 6.09. The van der Waals surface area contributed by atoms with Crippen molar-refractivity contribution in [2.45, 2.75) is 6.92 Å². The molecule has 3 heterocycles. The number of carbonyl (C=O) groups is 1. The molecule has 0 aliphatic rings. The molecule has 1 amide bonds. The lowest BCUT2D eigenvalue weighted by Gasteiger charge is -2.07. The zero-order valence-electron chi connectivity index (χ0n) is 15.2. The van der Waals surface area contributed by atoms with Crippen molar-refractivity contribution in [1.82, 2.24) is 24.7 Å². The van der Waals surface area contributed by atoms with E-state index in [1.165, 1.54) is 43.7 Å². The summed E-state index contributed by atoms with van der Waals surface area (Å²) in [6, 6.07) is 5.67. The number of nitrogens with one attached hydrogen (secondary N) is 2. The Bertz CT molecular complexity index is 1230. The van der Waals surface area contributed by atoms with E-state index < -0.39 is 11.6 Å². The van der Waals surface area contributed by atoms with Gasteiger partial charge in [-0.2, -0.15) is 5.10 Å². The molecule has 3 aromatic heterocycles. The number of fused-ring (bicyclic) bond motifs is 1. The fourth-order valence-corrected chi connectivity index (χ4v) is 2.94. The number of pyridine rings is 1. The first kappa shape index (κ1) is 21.3. The minimum absolute atomic E-state index is 0. The number of carbonyl (C=O) groups excluding carboxylic acids is 1.